The van der Waals surface area contributed by atoms with Crippen LogP contribution >= 0.6 is 0 Å². The van der Waals surface area contributed by atoms with E-state index in [-0.39, 0.29) is 42.4 Å². The van der Waals surface area contributed by atoms with Gasteiger partial charge in [0.2, 0.25) is 0 Å². The van der Waals surface area contributed by atoms with Gasteiger partial charge in [-0.05, 0) is 24.2 Å². The monoisotopic (exact) mass is 657 g/mol. The Morgan fingerprint density at radius 3 is 2.33 bits per heavy atom. The number of hydrogen-bond acceptors (Lipinski definition) is 2. The molecule has 0 unspecified atom stereocenters. The Morgan fingerprint density at radius 1 is 0.750 bits per heavy atom. The van der Waals surface area contributed by atoms with Gasteiger partial charge < -0.3 is 9.40 Å². The molecule has 2 heterocycles. The zero-order chi connectivity index (χ0) is 34.4. The van der Waals surface area contributed by atoms with Crippen LogP contribution in [0.5, 0.6) is 0 Å². The van der Waals surface area contributed by atoms with Gasteiger partial charge in [-0.15, -0.1) is 52.6 Å². The Hall–Kier alpha value is -3.52. The number of rotatable bonds is 2. The molecule has 2 aromatic heterocycles. The van der Waals surface area contributed by atoms with E-state index in [1.807, 2.05) is 30.3 Å². The van der Waals surface area contributed by atoms with Gasteiger partial charge in [-0.2, -0.15) is 35.9 Å². The average Bonchev–Trinajstić information content (AvgIpc) is 3.39. The van der Waals surface area contributed by atoms with Crippen LogP contribution in [0.4, 0.5) is 0 Å². The van der Waals surface area contributed by atoms with Crippen molar-refractivity contribution in [1.29, 1.82) is 0 Å². The predicted molar refractivity (Wildman–Crippen MR) is 144 cm³/mol. The normalized spacial score (nSPS) is 16.9. The molecule has 6 rings (SSSR count). The zero-order valence-corrected chi connectivity index (χ0v) is 21.2. The summed E-state index contributed by atoms with van der Waals surface area (Å²) in [5, 5.41) is 1.82. The largest absolute Gasteiger partial charge is 3.00 e. The molecule has 0 N–H and O–H groups in total. The molecule has 0 saturated heterocycles. The maximum atomic E-state index is 7.74. The molecule has 0 aliphatic rings. The van der Waals surface area contributed by atoms with Gasteiger partial charge in [0.1, 0.15) is 5.58 Å². The molecule has 0 aliphatic carbocycles. The third kappa shape index (κ3) is 5.33. The average molecular weight is 657 g/mol. The molecule has 2 nitrogen and oxygen atoms in total. The van der Waals surface area contributed by atoms with Crippen LogP contribution in [0.3, 0.4) is 0 Å². The summed E-state index contributed by atoms with van der Waals surface area (Å²) in [4.78, 5) is 4.08. The molecule has 4 aromatic carbocycles. The van der Waals surface area contributed by atoms with Gasteiger partial charge >= 0.3 is 20.1 Å². The summed E-state index contributed by atoms with van der Waals surface area (Å²) in [6, 6.07) is 30.2. The molecule has 0 saturated carbocycles. The van der Waals surface area contributed by atoms with Crippen molar-refractivity contribution in [2.45, 2.75) is 27.4 Å². The second-order valence-electron chi connectivity index (χ2n) is 7.79. The fourth-order valence-electron chi connectivity index (χ4n) is 3.66. The van der Waals surface area contributed by atoms with Crippen LogP contribution in [0.15, 0.2) is 89.5 Å². The van der Waals surface area contributed by atoms with Crippen LogP contribution in [0.2, 0.25) is 0 Å². The number of para-hydroxylation sites is 1. The standard InChI is InChI=1S/C20H14O.C13H12N.Ir/c1-13-10-11-15(12-14(13)2)16-7-5-8-18-17-6-3-4-9-19(17)21-20(16)18;1-10-3-6-12(7-4-10)13-8-5-11(2)9-14-13;/h3-6,8-10,12H,1-2H3;3-6,8-9H,1-2H3;/q-2;-1;+3/i2*1D3,2D3;. The van der Waals surface area contributed by atoms with Crippen molar-refractivity contribution in [1.82, 2.24) is 4.98 Å². The molecule has 178 valence electrons. The summed E-state index contributed by atoms with van der Waals surface area (Å²) in [5.41, 5.74) is 3.37. The third-order valence-corrected chi connectivity index (χ3v) is 5.41. The molecule has 0 atom stereocenters. The van der Waals surface area contributed by atoms with Crippen molar-refractivity contribution >= 4 is 21.9 Å². The number of fused-ring (bicyclic) bond motifs is 3. The van der Waals surface area contributed by atoms with Gasteiger partial charge in [0.25, 0.3) is 0 Å². The van der Waals surface area contributed by atoms with E-state index < -0.39 is 27.4 Å². The van der Waals surface area contributed by atoms with Gasteiger partial charge in [-0.3, -0.25) is 0 Å². The van der Waals surface area contributed by atoms with Crippen LogP contribution in [-0.4, -0.2) is 4.98 Å². The Labute approximate surface area is 243 Å². The van der Waals surface area contributed by atoms with Gasteiger partial charge in [-0.1, -0.05) is 56.3 Å². The molecule has 3 heteroatoms. The van der Waals surface area contributed by atoms with E-state index in [0.717, 1.165) is 10.8 Å². The second-order valence-corrected chi connectivity index (χ2v) is 7.79. The second kappa shape index (κ2) is 11.0. The minimum atomic E-state index is -2.56. The third-order valence-electron chi connectivity index (χ3n) is 5.41. The Balaban J connectivity index is 0.000000222. The maximum absolute atomic E-state index is 7.74. The van der Waals surface area contributed by atoms with Crippen LogP contribution < -0.4 is 0 Å². The zero-order valence-electron chi connectivity index (χ0n) is 30.8. The smallest absolute Gasteiger partial charge is 0.510 e. The van der Waals surface area contributed by atoms with Crippen molar-refractivity contribution in [2.75, 3.05) is 0 Å². The number of aromatic nitrogens is 1. The summed E-state index contributed by atoms with van der Waals surface area (Å²) in [6.07, 6.45) is 1.30. The molecule has 36 heavy (non-hydrogen) atoms. The van der Waals surface area contributed by atoms with Gasteiger partial charge in [-0.25, -0.2) is 5.56 Å². The van der Waals surface area contributed by atoms with E-state index in [9.17, 15) is 0 Å². The number of benzene rings is 4. The van der Waals surface area contributed by atoms with Crippen LogP contribution in [0.1, 0.15) is 38.7 Å². The number of furan rings is 1. The Kier molecular flexibility index (Phi) is 4.38. The fourth-order valence-corrected chi connectivity index (χ4v) is 3.66. The fraction of sp³-hybridized carbons (Fsp3) is 0.121. The molecule has 0 aliphatic heterocycles. The van der Waals surface area contributed by atoms with Crippen LogP contribution in [0.25, 0.3) is 44.3 Å². The number of aryl methyl sites for hydroxylation is 4. The quantitative estimate of drug-likeness (QED) is 0.175. The minimum Gasteiger partial charge on any atom is -0.510 e. The predicted octanol–water partition coefficient (Wildman–Crippen LogP) is 8.63. The number of pyridine rings is 1. The van der Waals surface area contributed by atoms with Crippen molar-refractivity contribution < 1.29 is 41.0 Å². The first-order chi connectivity index (χ1) is 21.8. The molecule has 0 amide bonds. The van der Waals surface area contributed by atoms with Gasteiger partial charge in [0, 0.05) is 33.6 Å². The van der Waals surface area contributed by atoms with E-state index in [1.165, 1.54) is 36.5 Å². The first-order valence-corrected chi connectivity index (χ1v) is 10.7. The van der Waals surface area contributed by atoms with Crippen molar-refractivity contribution in [2.24, 2.45) is 0 Å². The van der Waals surface area contributed by atoms with Crippen LogP contribution in [0, 0.1) is 45.6 Å². The van der Waals surface area contributed by atoms with E-state index in [2.05, 4.69) is 23.2 Å². The topological polar surface area (TPSA) is 26.0 Å². The molecule has 0 bridgehead atoms. The molecule has 0 spiro atoms. The van der Waals surface area contributed by atoms with Crippen molar-refractivity contribution in [3.63, 3.8) is 0 Å². The summed E-state index contributed by atoms with van der Waals surface area (Å²) in [6.45, 7) is -9.43. The van der Waals surface area contributed by atoms with E-state index in [4.69, 9.17) is 20.9 Å². The van der Waals surface area contributed by atoms with Crippen LogP contribution in [-0.2, 0) is 20.1 Å². The minimum absolute atomic E-state index is 0. The van der Waals surface area contributed by atoms with E-state index >= 15 is 0 Å². The summed E-state index contributed by atoms with van der Waals surface area (Å²) >= 11 is 0. The number of hydrogen-bond donors (Lipinski definition) is 0. The first kappa shape index (κ1) is 14.3. The molecule has 0 radical (unpaired) electrons. The van der Waals surface area contributed by atoms with Gasteiger partial charge in [0.05, 0.1) is 0 Å². The molecule has 0 fully saturated rings. The maximum Gasteiger partial charge on any atom is 3.00 e. The van der Waals surface area contributed by atoms with Gasteiger partial charge in [0.15, 0.2) is 0 Å². The summed E-state index contributed by atoms with van der Waals surface area (Å²) < 4.78 is 95.7. The number of nitrogens with zero attached hydrogens (tertiary/aromatic N) is 1. The van der Waals surface area contributed by atoms with Crippen molar-refractivity contribution in [3.8, 4) is 22.4 Å². The molecular weight excluding hydrogens is 619 g/mol. The Bertz CT molecular complexity index is 1970. The Morgan fingerprint density at radius 2 is 1.58 bits per heavy atom. The SMILES string of the molecule is [2H]C([2H])([2H])c1c[c-]c(-c2[c-]ccc3c2oc2ccccc23)cc1C([2H])([2H])[2H].[2H]C([2H])([2H])c1c[c-]c(-c2ccc(C([2H])([2H])[2H])cn2)cc1.[Ir+3]. The summed E-state index contributed by atoms with van der Waals surface area (Å²) in [5.74, 6) is 0. The van der Waals surface area contributed by atoms with E-state index in [1.54, 1.807) is 18.2 Å². The van der Waals surface area contributed by atoms with Crippen molar-refractivity contribution in [3.05, 3.63) is 126 Å². The molecular formula is C33H26IrNO. The summed E-state index contributed by atoms with van der Waals surface area (Å²) in [7, 11) is 0. The van der Waals surface area contributed by atoms with E-state index in [0.29, 0.717) is 33.6 Å². The first-order valence-electron chi connectivity index (χ1n) is 16.7. The molecule has 6 aromatic rings.